The number of hydrogen-bond acceptors (Lipinski definition) is 6. The molecule has 0 aliphatic heterocycles. The Morgan fingerprint density at radius 3 is 2.50 bits per heavy atom. The maximum absolute atomic E-state index is 13.7. The van der Waals surface area contributed by atoms with Crippen molar-refractivity contribution in [3.8, 4) is 11.4 Å². The molecule has 0 saturated heterocycles. The van der Waals surface area contributed by atoms with Crippen molar-refractivity contribution < 1.29 is 19.1 Å². The van der Waals surface area contributed by atoms with Crippen LogP contribution in [0.5, 0.6) is 5.75 Å². The normalized spacial score (nSPS) is 11.8. The number of aromatic nitrogens is 3. The first-order valence-electron chi connectivity index (χ1n) is 11.7. The average molecular weight is 489 g/mol. The molecule has 9 heteroatoms. The summed E-state index contributed by atoms with van der Waals surface area (Å²) in [5.41, 5.74) is 1.76. The van der Waals surface area contributed by atoms with E-state index in [9.17, 15) is 14.4 Å². The van der Waals surface area contributed by atoms with Gasteiger partial charge in [0.05, 0.1) is 31.1 Å². The van der Waals surface area contributed by atoms with Crippen LogP contribution in [-0.2, 0) is 9.53 Å². The second kappa shape index (κ2) is 10.5. The number of methoxy groups -OCH3 is 1. The summed E-state index contributed by atoms with van der Waals surface area (Å²) in [5.74, 6) is -0.429. The molecule has 2 heterocycles. The molecule has 2 aromatic heterocycles. The Morgan fingerprint density at radius 1 is 1.08 bits per heavy atom. The second-order valence-corrected chi connectivity index (χ2v) is 8.18. The van der Waals surface area contributed by atoms with E-state index in [2.05, 4.69) is 10.4 Å². The summed E-state index contributed by atoms with van der Waals surface area (Å²) in [5, 5.41) is 7.98. The zero-order chi connectivity index (χ0) is 25.8. The Balaban J connectivity index is 1.84. The van der Waals surface area contributed by atoms with Crippen molar-refractivity contribution in [1.82, 2.24) is 14.3 Å². The van der Waals surface area contributed by atoms with Crippen molar-refractivity contribution in [2.75, 3.05) is 19.0 Å². The van der Waals surface area contributed by atoms with Crippen LogP contribution in [-0.4, -0.2) is 39.9 Å². The molecule has 0 spiro atoms. The highest BCUT2D eigenvalue weighted by Crippen LogP contribution is 2.30. The number of anilines is 1. The number of rotatable bonds is 8. The first-order valence-corrected chi connectivity index (χ1v) is 11.7. The van der Waals surface area contributed by atoms with Gasteiger partial charge in [0.2, 0.25) is 5.91 Å². The van der Waals surface area contributed by atoms with E-state index in [1.54, 1.807) is 25.1 Å². The summed E-state index contributed by atoms with van der Waals surface area (Å²) in [6.45, 7) is 5.54. The molecule has 1 unspecified atom stereocenters. The van der Waals surface area contributed by atoms with E-state index in [0.717, 1.165) is 10.9 Å². The SMILES string of the molecule is CCOC(=O)c1cnn(-c2ccccc2)c1NC(=O)C(CC)n1c(=O)cc(C)c2cccc(OC)c21. The highest BCUT2D eigenvalue weighted by atomic mass is 16.5. The molecule has 1 N–H and O–H groups in total. The lowest BCUT2D eigenvalue weighted by atomic mass is 10.1. The molecule has 1 amide bonds. The summed E-state index contributed by atoms with van der Waals surface area (Å²) in [6, 6.07) is 15.2. The van der Waals surface area contributed by atoms with E-state index in [1.807, 2.05) is 44.2 Å². The Bertz CT molecular complexity index is 1470. The lowest BCUT2D eigenvalue weighted by Gasteiger charge is -2.22. The Morgan fingerprint density at radius 2 is 1.83 bits per heavy atom. The number of amides is 1. The number of nitrogens with one attached hydrogen (secondary N) is 1. The third-order valence-electron chi connectivity index (χ3n) is 5.97. The molecule has 2 aromatic carbocycles. The van der Waals surface area contributed by atoms with Gasteiger partial charge in [0.15, 0.2) is 5.82 Å². The number of ether oxygens (including phenoxy) is 2. The molecule has 186 valence electrons. The van der Waals surface area contributed by atoms with Gasteiger partial charge in [-0.25, -0.2) is 9.48 Å². The number of esters is 1. The molecule has 0 aliphatic rings. The molecule has 0 saturated carbocycles. The van der Waals surface area contributed by atoms with Crippen molar-refractivity contribution in [1.29, 1.82) is 0 Å². The fourth-order valence-corrected chi connectivity index (χ4v) is 4.28. The Hall–Kier alpha value is -4.40. The fourth-order valence-electron chi connectivity index (χ4n) is 4.28. The zero-order valence-electron chi connectivity index (χ0n) is 20.6. The summed E-state index contributed by atoms with van der Waals surface area (Å²) >= 11 is 0. The van der Waals surface area contributed by atoms with Gasteiger partial charge in [0.1, 0.15) is 17.4 Å². The number of fused-ring (bicyclic) bond motifs is 1. The van der Waals surface area contributed by atoms with E-state index in [4.69, 9.17) is 9.47 Å². The van der Waals surface area contributed by atoms with Crippen LogP contribution in [0.4, 0.5) is 5.82 Å². The molecular weight excluding hydrogens is 460 g/mol. The fraction of sp³-hybridized carbons (Fsp3) is 0.259. The van der Waals surface area contributed by atoms with Gasteiger partial charge in [-0.15, -0.1) is 0 Å². The summed E-state index contributed by atoms with van der Waals surface area (Å²) in [4.78, 5) is 39.6. The smallest absolute Gasteiger partial charge is 0.343 e. The maximum Gasteiger partial charge on any atom is 0.343 e. The van der Waals surface area contributed by atoms with Crippen molar-refractivity contribution >= 4 is 28.6 Å². The number of aryl methyl sites for hydroxylation is 1. The third-order valence-corrected chi connectivity index (χ3v) is 5.97. The van der Waals surface area contributed by atoms with Crippen molar-refractivity contribution in [3.05, 3.63) is 82.3 Å². The monoisotopic (exact) mass is 488 g/mol. The average Bonchev–Trinajstić information content (AvgIpc) is 3.30. The standard InChI is InChI=1S/C27H28N4O5/c1-5-21(30-23(32)15-17(3)19-13-10-14-22(35-4)24(19)30)26(33)29-25-20(27(34)36-6-2)16-28-31(25)18-11-8-7-9-12-18/h7-16,21H,5-6H2,1-4H3,(H,29,33). The lowest BCUT2D eigenvalue weighted by molar-refractivity contribution is -0.119. The maximum atomic E-state index is 13.7. The van der Waals surface area contributed by atoms with Gasteiger partial charge in [-0.1, -0.05) is 37.3 Å². The predicted octanol–water partition coefficient (Wildman–Crippen LogP) is 4.27. The van der Waals surface area contributed by atoms with E-state index in [-0.39, 0.29) is 23.5 Å². The van der Waals surface area contributed by atoms with Crippen LogP contribution in [0.15, 0.2) is 65.6 Å². The lowest BCUT2D eigenvalue weighted by Crippen LogP contribution is -2.34. The van der Waals surface area contributed by atoms with E-state index in [0.29, 0.717) is 23.4 Å². The molecule has 4 aromatic rings. The molecule has 9 nitrogen and oxygen atoms in total. The van der Waals surface area contributed by atoms with Gasteiger partial charge in [-0.2, -0.15) is 5.10 Å². The summed E-state index contributed by atoms with van der Waals surface area (Å²) in [6.07, 6.45) is 1.67. The molecule has 0 fully saturated rings. The number of carbonyl (C=O) groups is 2. The zero-order valence-corrected chi connectivity index (χ0v) is 20.6. The number of benzene rings is 2. The molecule has 0 bridgehead atoms. The van der Waals surface area contributed by atoms with E-state index < -0.39 is 17.9 Å². The predicted molar refractivity (Wildman–Crippen MR) is 137 cm³/mol. The van der Waals surface area contributed by atoms with Crippen LogP contribution in [0.25, 0.3) is 16.6 Å². The number of pyridine rings is 1. The highest BCUT2D eigenvalue weighted by Gasteiger charge is 2.28. The Labute approximate surface area is 208 Å². The van der Waals surface area contributed by atoms with Crippen LogP contribution in [0, 0.1) is 6.92 Å². The minimum atomic E-state index is -0.883. The van der Waals surface area contributed by atoms with Crippen molar-refractivity contribution in [2.45, 2.75) is 33.2 Å². The van der Waals surface area contributed by atoms with Crippen molar-refractivity contribution in [3.63, 3.8) is 0 Å². The largest absolute Gasteiger partial charge is 0.495 e. The van der Waals surface area contributed by atoms with Gasteiger partial charge >= 0.3 is 5.97 Å². The van der Waals surface area contributed by atoms with Crippen molar-refractivity contribution in [2.24, 2.45) is 0 Å². The van der Waals surface area contributed by atoms with E-state index >= 15 is 0 Å². The number of para-hydroxylation sites is 2. The minimum Gasteiger partial charge on any atom is -0.495 e. The van der Waals surface area contributed by atoms with Gasteiger partial charge in [-0.3, -0.25) is 14.2 Å². The van der Waals surface area contributed by atoms with Crippen LogP contribution < -0.4 is 15.6 Å². The first kappa shape index (κ1) is 24.7. The first-order chi connectivity index (χ1) is 17.4. The molecule has 1 atom stereocenters. The third kappa shape index (κ3) is 4.47. The quantitative estimate of drug-likeness (QED) is 0.372. The topological polar surface area (TPSA) is 104 Å². The molecular formula is C27H28N4O5. The number of carbonyl (C=O) groups excluding carboxylic acids is 2. The van der Waals surface area contributed by atoms with E-state index in [1.165, 1.54) is 28.6 Å². The summed E-state index contributed by atoms with van der Waals surface area (Å²) in [7, 11) is 1.52. The minimum absolute atomic E-state index is 0.114. The van der Waals surface area contributed by atoms with Crippen LogP contribution in [0.2, 0.25) is 0 Å². The molecule has 36 heavy (non-hydrogen) atoms. The van der Waals surface area contributed by atoms with Crippen LogP contribution in [0.3, 0.4) is 0 Å². The molecule has 0 radical (unpaired) electrons. The Kier molecular flexibility index (Phi) is 7.19. The van der Waals surface area contributed by atoms with Gasteiger partial charge in [-0.05, 0) is 44.0 Å². The van der Waals surface area contributed by atoms with Gasteiger partial charge in [0.25, 0.3) is 5.56 Å². The van der Waals surface area contributed by atoms with Crippen LogP contribution >= 0.6 is 0 Å². The van der Waals surface area contributed by atoms with Crippen LogP contribution in [0.1, 0.15) is 42.2 Å². The highest BCUT2D eigenvalue weighted by molar-refractivity contribution is 6.02. The summed E-state index contributed by atoms with van der Waals surface area (Å²) < 4.78 is 13.6. The molecule has 0 aliphatic carbocycles. The second-order valence-electron chi connectivity index (χ2n) is 8.18. The van der Waals surface area contributed by atoms with Gasteiger partial charge in [0, 0.05) is 11.5 Å². The molecule has 4 rings (SSSR count). The van der Waals surface area contributed by atoms with Gasteiger partial charge < -0.3 is 14.8 Å². The number of nitrogens with zero attached hydrogens (tertiary/aromatic N) is 3. The number of hydrogen-bond donors (Lipinski definition) is 1.